The summed E-state index contributed by atoms with van der Waals surface area (Å²) in [6.07, 6.45) is 0.546. The molecule has 1 aromatic rings. The molecule has 94 valence electrons. The van der Waals surface area contributed by atoms with Crippen molar-refractivity contribution >= 4 is 28.3 Å². The summed E-state index contributed by atoms with van der Waals surface area (Å²) in [7, 11) is 0. The van der Waals surface area contributed by atoms with Gasteiger partial charge >= 0.3 is 0 Å². The Bertz CT molecular complexity index is 405. The lowest BCUT2D eigenvalue weighted by molar-refractivity contribution is -0.128. The van der Waals surface area contributed by atoms with Crippen molar-refractivity contribution in [3.8, 4) is 0 Å². The molecular formula is C10H16N4O2S. The molecule has 0 aromatic carbocycles. The van der Waals surface area contributed by atoms with Crippen molar-refractivity contribution in [3.05, 3.63) is 11.1 Å². The lowest BCUT2D eigenvalue weighted by Gasteiger charge is -2.14. The van der Waals surface area contributed by atoms with Gasteiger partial charge in [-0.15, -0.1) is 11.3 Å². The molecule has 0 saturated carbocycles. The third-order valence-corrected chi connectivity index (χ3v) is 2.84. The number of anilines is 1. The largest absolute Gasteiger partial charge is 0.375 e. The number of hydrogen-bond acceptors (Lipinski definition) is 5. The van der Waals surface area contributed by atoms with E-state index in [4.69, 9.17) is 5.73 Å². The zero-order valence-electron chi connectivity index (χ0n) is 9.82. The van der Waals surface area contributed by atoms with Crippen molar-refractivity contribution in [2.75, 3.05) is 5.73 Å². The second-order valence-electron chi connectivity index (χ2n) is 3.56. The quantitative estimate of drug-likeness (QED) is 0.703. The first-order valence-corrected chi connectivity index (χ1v) is 6.15. The fourth-order valence-corrected chi connectivity index (χ4v) is 1.87. The number of nitrogens with two attached hydrogens (primary N) is 1. The van der Waals surface area contributed by atoms with E-state index in [1.807, 2.05) is 6.92 Å². The van der Waals surface area contributed by atoms with E-state index in [0.717, 1.165) is 5.69 Å². The van der Waals surface area contributed by atoms with Gasteiger partial charge in [0.25, 0.3) is 0 Å². The molecule has 2 amide bonds. The molecule has 0 spiro atoms. The summed E-state index contributed by atoms with van der Waals surface area (Å²) in [5.41, 5.74) is 6.20. The molecule has 7 heteroatoms. The van der Waals surface area contributed by atoms with Gasteiger partial charge in [-0.25, -0.2) is 4.98 Å². The van der Waals surface area contributed by atoms with Crippen LogP contribution in [-0.4, -0.2) is 22.8 Å². The Morgan fingerprint density at radius 2 is 2.29 bits per heavy atom. The predicted octanol–water partition coefficient (Wildman–Crippen LogP) is 0.256. The van der Waals surface area contributed by atoms with Gasteiger partial charge in [-0.05, 0) is 6.42 Å². The molecule has 0 aliphatic heterocycles. The number of hydrogen-bond donors (Lipinski definition) is 3. The molecule has 0 radical (unpaired) electrons. The van der Waals surface area contributed by atoms with E-state index < -0.39 is 6.04 Å². The van der Waals surface area contributed by atoms with Crippen LogP contribution in [0.25, 0.3) is 0 Å². The molecular weight excluding hydrogens is 240 g/mol. The summed E-state index contributed by atoms with van der Waals surface area (Å²) in [6.45, 7) is 3.54. The molecule has 1 heterocycles. The van der Waals surface area contributed by atoms with Gasteiger partial charge in [0.1, 0.15) is 6.04 Å². The van der Waals surface area contributed by atoms with Gasteiger partial charge in [0.2, 0.25) is 11.8 Å². The Kier molecular flexibility index (Phi) is 4.89. The summed E-state index contributed by atoms with van der Waals surface area (Å²) in [4.78, 5) is 26.6. The molecule has 1 unspecified atom stereocenters. The summed E-state index contributed by atoms with van der Waals surface area (Å²) >= 11 is 1.33. The number of nitrogen functional groups attached to an aromatic ring is 1. The Morgan fingerprint density at radius 1 is 1.59 bits per heavy atom. The topological polar surface area (TPSA) is 97.1 Å². The molecule has 0 bridgehead atoms. The average Bonchev–Trinajstić information content (AvgIpc) is 2.68. The summed E-state index contributed by atoms with van der Waals surface area (Å²) < 4.78 is 0. The van der Waals surface area contributed by atoms with E-state index in [1.54, 1.807) is 5.38 Å². The molecule has 17 heavy (non-hydrogen) atoms. The maximum Gasteiger partial charge on any atom is 0.242 e. The third kappa shape index (κ3) is 4.39. The highest BCUT2D eigenvalue weighted by Crippen LogP contribution is 2.10. The van der Waals surface area contributed by atoms with Crippen LogP contribution < -0.4 is 16.4 Å². The number of nitrogens with one attached hydrogen (secondary N) is 2. The van der Waals surface area contributed by atoms with Crippen LogP contribution in [-0.2, 0) is 16.1 Å². The lowest BCUT2D eigenvalue weighted by atomic mass is 10.2. The zero-order chi connectivity index (χ0) is 12.8. The van der Waals surface area contributed by atoms with Crippen molar-refractivity contribution in [1.82, 2.24) is 15.6 Å². The van der Waals surface area contributed by atoms with Crippen molar-refractivity contribution in [1.29, 1.82) is 0 Å². The zero-order valence-corrected chi connectivity index (χ0v) is 10.6. The van der Waals surface area contributed by atoms with Crippen molar-refractivity contribution in [2.24, 2.45) is 0 Å². The second kappa shape index (κ2) is 6.19. The summed E-state index contributed by atoms with van der Waals surface area (Å²) in [5.74, 6) is -0.431. The highest BCUT2D eigenvalue weighted by atomic mass is 32.1. The highest BCUT2D eigenvalue weighted by Gasteiger charge is 2.16. The number of aromatic nitrogens is 1. The first-order chi connectivity index (χ1) is 8.02. The van der Waals surface area contributed by atoms with Crippen LogP contribution in [0.15, 0.2) is 5.38 Å². The van der Waals surface area contributed by atoms with Gasteiger partial charge in [-0.2, -0.15) is 0 Å². The molecule has 0 aliphatic rings. The average molecular weight is 256 g/mol. The van der Waals surface area contributed by atoms with Gasteiger partial charge in [0.15, 0.2) is 5.13 Å². The maximum atomic E-state index is 11.7. The Labute approximate surface area is 104 Å². The Morgan fingerprint density at radius 3 is 2.76 bits per heavy atom. The van der Waals surface area contributed by atoms with Crippen molar-refractivity contribution < 1.29 is 9.59 Å². The Hall–Kier alpha value is -1.63. The minimum Gasteiger partial charge on any atom is -0.375 e. The molecule has 1 rings (SSSR count). The monoisotopic (exact) mass is 256 g/mol. The normalized spacial score (nSPS) is 11.9. The fourth-order valence-electron chi connectivity index (χ4n) is 1.30. The summed E-state index contributed by atoms with van der Waals surface area (Å²) in [6, 6.07) is -0.497. The smallest absolute Gasteiger partial charge is 0.242 e. The predicted molar refractivity (Wildman–Crippen MR) is 66.3 cm³/mol. The maximum absolute atomic E-state index is 11.7. The molecule has 1 atom stereocenters. The standard InChI is InChI=1S/C10H16N4O2S/c1-3-8(13-6(2)15)9(16)12-4-7-5-17-10(11)14-7/h5,8H,3-4H2,1-2H3,(H2,11,14)(H,12,16)(H,13,15). The third-order valence-electron chi connectivity index (χ3n) is 2.12. The van der Waals surface area contributed by atoms with Gasteiger partial charge in [-0.3, -0.25) is 9.59 Å². The van der Waals surface area contributed by atoms with Crippen LogP contribution in [0, 0.1) is 0 Å². The number of nitrogens with zero attached hydrogens (tertiary/aromatic N) is 1. The number of amides is 2. The van der Waals surface area contributed by atoms with E-state index in [1.165, 1.54) is 18.3 Å². The molecule has 4 N–H and O–H groups in total. The Balaban J connectivity index is 2.44. The van der Waals surface area contributed by atoms with Crippen LogP contribution >= 0.6 is 11.3 Å². The van der Waals surface area contributed by atoms with Crippen LogP contribution in [0.2, 0.25) is 0 Å². The lowest BCUT2D eigenvalue weighted by Crippen LogP contribution is -2.45. The van der Waals surface area contributed by atoms with Crippen LogP contribution in [0.3, 0.4) is 0 Å². The molecule has 0 aliphatic carbocycles. The molecule has 0 saturated heterocycles. The van der Waals surface area contributed by atoms with E-state index >= 15 is 0 Å². The highest BCUT2D eigenvalue weighted by molar-refractivity contribution is 7.13. The number of rotatable bonds is 5. The van der Waals surface area contributed by atoms with E-state index in [-0.39, 0.29) is 11.8 Å². The van der Waals surface area contributed by atoms with E-state index in [0.29, 0.717) is 18.1 Å². The van der Waals surface area contributed by atoms with Crippen molar-refractivity contribution in [3.63, 3.8) is 0 Å². The molecule has 6 nitrogen and oxygen atoms in total. The first-order valence-electron chi connectivity index (χ1n) is 5.27. The van der Waals surface area contributed by atoms with Crippen LogP contribution in [0.5, 0.6) is 0 Å². The first kappa shape index (κ1) is 13.4. The van der Waals surface area contributed by atoms with Gasteiger partial charge in [0.05, 0.1) is 12.2 Å². The van der Waals surface area contributed by atoms with E-state index in [9.17, 15) is 9.59 Å². The van der Waals surface area contributed by atoms with E-state index in [2.05, 4.69) is 15.6 Å². The molecule has 1 aromatic heterocycles. The number of thiazole rings is 1. The minimum atomic E-state index is -0.497. The van der Waals surface area contributed by atoms with Crippen molar-refractivity contribution in [2.45, 2.75) is 32.9 Å². The van der Waals surface area contributed by atoms with Crippen LogP contribution in [0.4, 0.5) is 5.13 Å². The van der Waals surface area contributed by atoms with Crippen LogP contribution in [0.1, 0.15) is 26.0 Å². The minimum absolute atomic E-state index is 0.214. The number of carbonyl (C=O) groups excluding carboxylic acids is 2. The SMILES string of the molecule is CCC(NC(C)=O)C(=O)NCc1csc(N)n1. The number of carbonyl (C=O) groups is 2. The van der Waals surface area contributed by atoms with Gasteiger partial charge < -0.3 is 16.4 Å². The van der Waals surface area contributed by atoms with Gasteiger partial charge in [0, 0.05) is 12.3 Å². The van der Waals surface area contributed by atoms with Gasteiger partial charge in [-0.1, -0.05) is 6.92 Å². The fraction of sp³-hybridized carbons (Fsp3) is 0.500. The summed E-state index contributed by atoms with van der Waals surface area (Å²) in [5, 5.41) is 7.54. The second-order valence-corrected chi connectivity index (χ2v) is 4.45. The molecule has 0 fully saturated rings.